The Morgan fingerprint density at radius 2 is 2.16 bits per heavy atom. The first-order valence-corrected chi connectivity index (χ1v) is 7.13. The van der Waals surface area contributed by atoms with Crippen LogP contribution in [0.2, 0.25) is 0 Å². The van der Waals surface area contributed by atoms with Gasteiger partial charge in [0.1, 0.15) is 0 Å². The molecule has 114 valence electrons. The van der Waals surface area contributed by atoms with E-state index in [9.17, 15) is 9.90 Å². The fourth-order valence-corrected chi connectivity index (χ4v) is 1.91. The molecule has 0 aromatic rings. The van der Waals surface area contributed by atoms with Crippen molar-refractivity contribution in [3.63, 3.8) is 0 Å². The van der Waals surface area contributed by atoms with Crippen LogP contribution in [0.5, 0.6) is 0 Å². The minimum atomic E-state index is -0.910. The molecule has 0 spiro atoms. The van der Waals surface area contributed by atoms with Crippen molar-refractivity contribution in [1.82, 2.24) is 5.32 Å². The van der Waals surface area contributed by atoms with Gasteiger partial charge in [-0.3, -0.25) is 4.79 Å². The van der Waals surface area contributed by atoms with Crippen molar-refractivity contribution < 1.29 is 14.6 Å². The number of hydrogen-bond donors (Lipinski definition) is 3. The predicted molar refractivity (Wildman–Crippen MR) is 76.8 cm³/mol. The maximum atomic E-state index is 11.7. The van der Waals surface area contributed by atoms with E-state index in [1.165, 1.54) is 0 Å². The van der Waals surface area contributed by atoms with E-state index >= 15 is 0 Å². The number of hydrogen-bond acceptors (Lipinski definition) is 4. The standard InChI is InChI=1S/C14H30N2O3/c1-4-12(7-9-15)5-6-13(17)16-11-14(2,18)8-10-19-3/h12,18H,4-11,15H2,1-3H3,(H,16,17). The lowest BCUT2D eigenvalue weighted by Crippen LogP contribution is -2.41. The van der Waals surface area contributed by atoms with Gasteiger partial charge >= 0.3 is 0 Å². The molecule has 2 unspecified atom stereocenters. The van der Waals surface area contributed by atoms with Gasteiger partial charge in [0, 0.05) is 33.1 Å². The van der Waals surface area contributed by atoms with Crippen LogP contribution in [-0.2, 0) is 9.53 Å². The lowest BCUT2D eigenvalue weighted by atomic mass is 9.96. The summed E-state index contributed by atoms with van der Waals surface area (Å²) in [5, 5.41) is 12.8. The summed E-state index contributed by atoms with van der Waals surface area (Å²) in [6.07, 6.45) is 3.89. The molecule has 5 heteroatoms. The maximum Gasteiger partial charge on any atom is 0.220 e. The van der Waals surface area contributed by atoms with E-state index in [2.05, 4.69) is 12.2 Å². The van der Waals surface area contributed by atoms with Gasteiger partial charge in [0.25, 0.3) is 0 Å². The molecule has 4 N–H and O–H groups in total. The van der Waals surface area contributed by atoms with Crippen molar-refractivity contribution in [2.45, 2.75) is 51.6 Å². The van der Waals surface area contributed by atoms with E-state index in [1.807, 2.05) is 0 Å². The summed E-state index contributed by atoms with van der Waals surface area (Å²) in [5.74, 6) is 0.512. The molecular formula is C14H30N2O3. The van der Waals surface area contributed by atoms with Crippen LogP contribution in [-0.4, -0.2) is 43.4 Å². The molecule has 0 aliphatic carbocycles. The van der Waals surface area contributed by atoms with Gasteiger partial charge < -0.3 is 20.9 Å². The minimum Gasteiger partial charge on any atom is -0.388 e. The van der Waals surface area contributed by atoms with Crippen molar-refractivity contribution in [1.29, 1.82) is 0 Å². The number of rotatable bonds is 11. The Morgan fingerprint density at radius 3 is 2.68 bits per heavy atom. The molecule has 0 aliphatic heterocycles. The lowest BCUT2D eigenvalue weighted by Gasteiger charge is -2.23. The number of nitrogens with one attached hydrogen (secondary N) is 1. The summed E-state index contributed by atoms with van der Waals surface area (Å²) in [5.41, 5.74) is 4.62. The molecule has 0 aromatic heterocycles. The fourth-order valence-electron chi connectivity index (χ4n) is 1.91. The zero-order chi connectivity index (χ0) is 14.7. The summed E-state index contributed by atoms with van der Waals surface area (Å²) in [6, 6.07) is 0. The normalized spacial score (nSPS) is 15.8. The number of ether oxygens (including phenoxy) is 1. The summed E-state index contributed by atoms with van der Waals surface area (Å²) < 4.78 is 4.92. The number of aliphatic hydroxyl groups is 1. The molecule has 0 aliphatic rings. The topological polar surface area (TPSA) is 84.6 Å². The number of methoxy groups -OCH3 is 1. The molecule has 0 saturated carbocycles. The van der Waals surface area contributed by atoms with Crippen LogP contribution < -0.4 is 11.1 Å². The molecule has 0 aromatic carbocycles. The number of carbonyl (C=O) groups excluding carboxylic acids is 1. The molecule has 0 bridgehead atoms. The number of nitrogens with two attached hydrogens (primary N) is 1. The van der Waals surface area contributed by atoms with Crippen LogP contribution >= 0.6 is 0 Å². The number of carbonyl (C=O) groups is 1. The van der Waals surface area contributed by atoms with Crippen molar-refractivity contribution in [2.75, 3.05) is 26.8 Å². The SMILES string of the molecule is CCC(CCN)CCC(=O)NCC(C)(O)CCOC. The predicted octanol–water partition coefficient (Wildman–Crippen LogP) is 1.05. The van der Waals surface area contributed by atoms with E-state index in [-0.39, 0.29) is 12.5 Å². The Kier molecular flexibility index (Phi) is 9.83. The molecule has 0 rings (SSSR count). The smallest absolute Gasteiger partial charge is 0.220 e. The Labute approximate surface area is 116 Å². The lowest BCUT2D eigenvalue weighted by molar-refractivity contribution is -0.122. The van der Waals surface area contributed by atoms with Crippen LogP contribution in [0.1, 0.15) is 46.0 Å². The second-order valence-corrected chi connectivity index (χ2v) is 5.41. The highest BCUT2D eigenvalue weighted by Gasteiger charge is 2.20. The van der Waals surface area contributed by atoms with Crippen molar-refractivity contribution in [3.8, 4) is 0 Å². The van der Waals surface area contributed by atoms with Crippen LogP contribution in [0.25, 0.3) is 0 Å². The largest absolute Gasteiger partial charge is 0.388 e. The molecule has 0 saturated heterocycles. The van der Waals surface area contributed by atoms with Crippen LogP contribution in [0.4, 0.5) is 0 Å². The molecule has 0 heterocycles. The van der Waals surface area contributed by atoms with E-state index in [0.29, 0.717) is 31.9 Å². The van der Waals surface area contributed by atoms with Crippen LogP contribution in [0, 0.1) is 5.92 Å². The van der Waals surface area contributed by atoms with Gasteiger partial charge in [-0.05, 0) is 32.2 Å². The van der Waals surface area contributed by atoms with Crippen LogP contribution in [0.3, 0.4) is 0 Å². The highest BCUT2D eigenvalue weighted by atomic mass is 16.5. The summed E-state index contributed by atoms with van der Waals surface area (Å²) >= 11 is 0. The third-order valence-corrected chi connectivity index (χ3v) is 3.44. The van der Waals surface area contributed by atoms with E-state index in [4.69, 9.17) is 10.5 Å². The monoisotopic (exact) mass is 274 g/mol. The van der Waals surface area contributed by atoms with Crippen molar-refractivity contribution in [2.24, 2.45) is 11.7 Å². The first kappa shape index (κ1) is 18.4. The molecule has 0 radical (unpaired) electrons. The third kappa shape index (κ3) is 9.87. The van der Waals surface area contributed by atoms with Gasteiger partial charge in [-0.1, -0.05) is 13.3 Å². The average Bonchev–Trinajstić information content (AvgIpc) is 2.39. The van der Waals surface area contributed by atoms with E-state index < -0.39 is 5.60 Å². The zero-order valence-electron chi connectivity index (χ0n) is 12.6. The van der Waals surface area contributed by atoms with Gasteiger partial charge in [-0.25, -0.2) is 0 Å². The summed E-state index contributed by atoms with van der Waals surface area (Å²) in [4.78, 5) is 11.7. The minimum absolute atomic E-state index is 0.00633. The molecule has 1 amide bonds. The van der Waals surface area contributed by atoms with Crippen LogP contribution in [0.15, 0.2) is 0 Å². The first-order chi connectivity index (χ1) is 8.95. The highest BCUT2D eigenvalue weighted by Crippen LogP contribution is 2.14. The molecule has 2 atom stereocenters. The van der Waals surface area contributed by atoms with Gasteiger partial charge in [0.15, 0.2) is 0 Å². The quantitative estimate of drug-likeness (QED) is 0.526. The van der Waals surface area contributed by atoms with Gasteiger partial charge in [0.05, 0.1) is 5.60 Å². The van der Waals surface area contributed by atoms with E-state index in [1.54, 1.807) is 14.0 Å². The third-order valence-electron chi connectivity index (χ3n) is 3.44. The molecule has 19 heavy (non-hydrogen) atoms. The second kappa shape index (κ2) is 10.2. The highest BCUT2D eigenvalue weighted by molar-refractivity contribution is 5.75. The first-order valence-electron chi connectivity index (χ1n) is 7.13. The Bertz CT molecular complexity index is 245. The van der Waals surface area contributed by atoms with Crippen molar-refractivity contribution >= 4 is 5.91 Å². The molecule has 0 fully saturated rings. The van der Waals surface area contributed by atoms with Gasteiger partial charge in [-0.15, -0.1) is 0 Å². The fraction of sp³-hybridized carbons (Fsp3) is 0.929. The van der Waals surface area contributed by atoms with Gasteiger partial charge in [-0.2, -0.15) is 0 Å². The zero-order valence-corrected chi connectivity index (χ0v) is 12.6. The number of amides is 1. The Hall–Kier alpha value is -0.650. The van der Waals surface area contributed by atoms with Gasteiger partial charge in [0.2, 0.25) is 5.91 Å². The average molecular weight is 274 g/mol. The van der Waals surface area contributed by atoms with Crippen molar-refractivity contribution in [3.05, 3.63) is 0 Å². The maximum absolute atomic E-state index is 11.7. The second-order valence-electron chi connectivity index (χ2n) is 5.41. The Morgan fingerprint density at radius 1 is 1.47 bits per heavy atom. The Balaban J connectivity index is 3.85. The summed E-state index contributed by atoms with van der Waals surface area (Å²) in [7, 11) is 1.59. The molecular weight excluding hydrogens is 244 g/mol. The summed E-state index contributed by atoms with van der Waals surface area (Å²) in [6.45, 7) is 5.25. The molecule has 5 nitrogen and oxygen atoms in total. The van der Waals surface area contributed by atoms with E-state index in [0.717, 1.165) is 19.3 Å².